The van der Waals surface area contributed by atoms with E-state index in [0.29, 0.717) is 17.8 Å². The molecule has 94 valence electrons. The van der Waals surface area contributed by atoms with Crippen molar-refractivity contribution in [1.82, 2.24) is 0 Å². The Hall–Kier alpha value is -2.37. The Kier molecular flexibility index (Phi) is 3.27. The van der Waals surface area contributed by atoms with Gasteiger partial charge in [0.25, 0.3) is 5.91 Å². The second kappa shape index (κ2) is 4.87. The van der Waals surface area contributed by atoms with Crippen LogP contribution in [0.5, 0.6) is 0 Å². The molecular formula is C12H13N3O3. The lowest BCUT2D eigenvalue weighted by Crippen LogP contribution is -2.19. The van der Waals surface area contributed by atoms with Gasteiger partial charge in [-0.2, -0.15) is 5.10 Å². The van der Waals surface area contributed by atoms with Gasteiger partial charge in [0.05, 0.1) is 19.2 Å². The van der Waals surface area contributed by atoms with Crippen LogP contribution in [0, 0.1) is 0 Å². The topological polar surface area (TPSA) is 71.0 Å². The van der Waals surface area contributed by atoms with Crippen LogP contribution >= 0.6 is 0 Å². The molecule has 0 unspecified atom stereocenters. The average Bonchev–Trinajstić information content (AvgIpc) is 2.69. The molecule has 0 aromatic heterocycles. The normalized spacial score (nSPS) is 14.4. The Morgan fingerprint density at radius 2 is 2.06 bits per heavy atom. The van der Waals surface area contributed by atoms with Gasteiger partial charge in [-0.1, -0.05) is 0 Å². The van der Waals surface area contributed by atoms with Gasteiger partial charge in [-0.15, -0.1) is 0 Å². The first kappa shape index (κ1) is 12.1. The number of amides is 2. The van der Waals surface area contributed by atoms with Gasteiger partial charge in [0.2, 0.25) is 0 Å². The Balaban J connectivity index is 2.13. The Bertz CT molecular complexity index is 508. The minimum Gasteiger partial charge on any atom is -0.453 e. The maximum absolute atomic E-state index is 11.6. The predicted octanol–water partition coefficient (Wildman–Crippen LogP) is 1.98. The zero-order valence-electron chi connectivity index (χ0n) is 10.1. The number of methoxy groups -OCH3 is 1. The molecule has 1 aromatic carbocycles. The molecule has 0 saturated heterocycles. The lowest BCUT2D eigenvalue weighted by Gasteiger charge is -2.12. The van der Waals surface area contributed by atoms with E-state index in [1.165, 1.54) is 12.1 Å². The van der Waals surface area contributed by atoms with Crippen molar-refractivity contribution in [3.8, 4) is 0 Å². The fraction of sp³-hybridized carbons (Fsp3) is 0.250. The van der Waals surface area contributed by atoms with E-state index in [2.05, 4.69) is 15.2 Å². The van der Waals surface area contributed by atoms with Crippen LogP contribution < -0.4 is 10.3 Å². The van der Waals surface area contributed by atoms with E-state index < -0.39 is 6.09 Å². The number of hydrogen-bond acceptors (Lipinski definition) is 4. The summed E-state index contributed by atoms with van der Waals surface area (Å²) in [6, 6.07) is 6.79. The molecule has 0 spiro atoms. The van der Waals surface area contributed by atoms with E-state index in [4.69, 9.17) is 0 Å². The summed E-state index contributed by atoms with van der Waals surface area (Å²) >= 11 is 0. The second-order valence-corrected chi connectivity index (χ2v) is 3.88. The van der Waals surface area contributed by atoms with Crippen LogP contribution in [0.4, 0.5) is 16.2 Å². The van der Waals surface area contributed by atoms with Crippen molar-refractivity contribution in [2.45, 2.75) is 13.3 Å². The highest BCUT2D eigenvalue weighted by atomic mass is 16.5. The molecule has 0 aliphatic carbocycles. The summed E-state index contributed by atoms with van der Waals surface area (Å²) < 4.78 is 4.48. The molecule has 0 fully saturated rings. The smallest absolute Gasteiger partial charge is 0.411 e. The van der Waals surface area contributed by atoms with E-state index >= 15 is 0 Å². The summed E-state index contributed by atoms with van der Waals surface area (Å²) in [5.74, 6) is -0.0545. The number of hydrogen-bond donors (Lipinski definition) is 1. The quantitative estimate of drug-likeness (QED) is 0.868. The summed E-state index contributed by atoms with van der Waals surface area (Å²) in [6.07, 6.45) is -0.184. The molecule has 2 amide bonds. The number of benzene rings is 1. The molecule has 1 aromatic rings. The third-order valence-electron chi connectivity index (χ3n) is 2.46. The summed E-state index contributed by atoms with van der Waals surface area (Å²) in [4.78, 5) is 22.6. The fourth-order valence-corrected chi connectivity index (χ4v) is 1.61. The molecular weight excluding hydrogens is 234 g/mol. The van der Waals surface area contributed by atoms with E-state index in [0.717, 1.165) is 5.71 Å². The third kappa shape index (κ3) is 2.48. The number of ether oxygens (including phenoxy) is 1. The van der Waals surface area contributed by atoms with Gasteiger partial charge in [0.1, 0.15) is 0 Å². The van der Waals surface area contributed by atoms with Crippen LogP contribution in [0.25, 0.3) is 0 Å². The van der Waals surface area contributed by atoms with Crippen molar-refractivity contribution in [2.75, 3.05) is 17.4 Å². The molecule has 1 aliphatic rings. The number of anilines is 2. The van der Waals surface area contributed by atoms with Crippen molar-refractivity contribution < 1.29 is 14.3 Å². The van der Waals surface area contributed by atoms with Gasteiger partial charge in [0, 0.05) is 11.4 Å². The van der Waals surface area contributed by atoms with E-state index in [-0.39, 0.29) is 5.91 Å². The fourth-order valence-electron chi connectivity index (χ4n) is 1.61. The Labute approximate surface area is 104 Å². The molecule has 0 saturated carbocycles. The lowest BCUT2D eigenvalue weighted by molar-refractivity contribution is -0.116. The van der Waals surface area contributed by atoms with Crippen LogP contribution in [-0.2, 0) is 9.53 Å². The number of rotatable bonds is 2. The van der Waals surface area contributed by atoms with Crippen LogP contribution in [0.2, 0.25) is 0 Å². The van der Waals surface area contributed by atoms with Crippen LogP contribution in [0.15, 0.2) is 29.4 Å². The van der Waals surface area contributed by atoms with E-state index in [1.54, 1.807) is 24.3 Å². The molecule has 6 nitrogen and oxygen atoms in total. The SMILES string of the molecule is COC(=O)Nc1ccc(N2N=C(C)CC2=O)cc1. The number of carbonyl (C=O) groups is 2. The molecule has 1 heterocycles. The highest BCUT2D eigenvalue weighted by Gasteiger charge is 2.22. The number of hydrazone groups is 1. The van der Waals surface area contributed by atoms with Gasteiger partial charge < -0.3 is 4.74 Å². The third-order valence-corrected chi connectivity index (χ3v) is 2.46. The van der Waals surface area contributed by atoms with Crippen molar-refractivity contribution in [2.24, 2.45) is 5.10 Å². The summed E-state index contributed by atoms with van der Waals surface area (Å²) in [5, 5.41) is 8.02. The molecule has 6 heteroatoms. The summed E-state index contributed by atoms with van der Waals surface area (Å²) in [5.41, 5.74) is 2.06. The van der Waals surface area contributed by atoms with Gasteiger partial charge >= 0.3 is 6.09 Å². The second-order valence-electron chi connectivity index (χ2n) is 3.88. The summed E-state index contributed by atoms with van der Waals surface area (Å²) in [6.45, 7) is 1.81. The van der Waals surface area contributed by atoms with Crippen LogP contribution in [-0.4, -0.2) is 24.8 Å². The van der Waals surface area contributed by atoms with Crippen LogP contribution in [0.3, 0.4) is 0 Å². The molecule has 0 bridgehead atoms. The lowest BCUT2D eigenvalue weighted by atomic mass is 10.2. The molecule has 18 heavy (non-hydrogen) atoms. The van der Waals surface area contributed by atoms with Gasteiger partial charge in [-0.3, -0.25) is 10.1 Å². The Morgan fingerprint density at radius 1 is 1.39 bits per heavy atom. The number of nitrogens with zero attached hydrogens (tertiary/aromatic N) is 2. The number of nitrogens with one attached hydrogen (secondary N) is 1. The molecule has 2 rings (SSSR count). The zero-order chi connectivity index (χ0) is 13.1. The minimum absolute atomic E-state index is 0.0545. The maximum atomic E-state index is 11.6. The van der Waals surface area contributed by atoms with Crippen molar-refractivity contribution in [3.05, 3.63) is 24.3 Å². The molecule has 1 aliphatic heterocycles. The van der Waals surface area contributed by atoms with E-state index in [9.17, 15) is 9.59 Å². The Morgan fingerprint density at radius 3 is 2.56 bits per heavy atom. The first-order chi connectivity index (χ1) is 8.60. The van der Waals surface area contributed by atoms with Crippen molar-refractivity contribution in [3.63, 3.8) is 0 Å². The predicted molar refractivity (Wildman–Crippen MR) is 67.7 cm³/mol. The zero-order valence-corrected chi connectivity index (χ0v) is 10.1. The summed E-state index contributed by atoms with van der Waals surface area (Å²) in [7, 11) is 1.30. The average molecular weight is 247 g/mol. The standard InChI is InChI=1S/C12H13N3O3/c1-8-7-11(16)15(14-8)10-5-3-9(4-6-10)13-12(17)18-2/h3-6H,7H2,1-2H3,(H,13,17). The first-order valence-corrected chi connectivity index (χ1v) is 5.42. The highest BCUT2D eigenvalue weighted by Crippen LogP contribution is 2.22. The van der Waals surface area contributed by atoms with Crippen molar-refractivity contribution in [1.29, 1.82) is 0 Å². The van der Waals surface area contributed by atoms with Crippen molar-refractivity contribution >= 4 is 29.1 Å². The minimum atomic E-state index is -0.533. The van der Waals surface area contributed by atoms with E-state index in [1.807, 2.05) is 6.92 Å². The first-order valence-electron chi connectivity index (χ1n) is 5.42. The number of carbonyl (C=O) groups excluding carboxylic acids is 2. The largest absolute Gasteiger partial charge is 0.453 e. The maximum Gasteiger partial charge on any atom is 0.411 e. The van der Waals surface area contributed by atoms with Gasteiger partial charge in [-0.05, 0) is 31.2 Å². The molecule has 0 atom stereocenters. The van der Waals surface area contributed by atoms with Gasteiger partial charge in [0.15, 0.2) is 0 Å². The molecule has 1 N–H and O–H groups in total. The molecule has 0 radical (unpaired) electrons. The monoisotopic (exact) mass is 247 g/mol. The van der Waals surface area contributed by atoms with Crippen LogP contribution in [0.1, 0.15) is 13.3 Å². The van der Waals surface area contributed by atoms with Gasteiger partial charge in [-0.25, -0.2) is 9.80 Å². The highest BCUT2D eigenvalue weighted by molar-refractivity contribution is 6.12.